The molecule has 0 atom stereocenters. The van der Waals surface area contributed by atoms with Gasteiger partial charge in [-0.1, -0.05) is 17.7 Å². The fourth-order valence-electron chi connectivity index (χ4n) is 2.74. The summed E-state index contributed by atoms with van der Waals surface area (Å²) in [6.07, 6.45) is 2.05. The third-order valence-electron chi connectivity index (χ3n) is 4.49. The van der Waals surface area contributed by atoms with Gasteiger partial charge in [-0.05, 0) is 43.2 Å². The van der Waals surface area contributed by atoms with Gasteiger partial charge in [-0.25, -0.2) is 9.37 Å². The van der Waals surface area contributed by atoms with E-state index in [0.717, 1.165) is 18.4 Å². The van der Waals surface area contributed by atoms with Crippen LogP contribution in [0, 0.1) is 5.82 Å². The first-order valence-corrected chi connectivity index (χ1v) is 10.3. The van der Waals surface area contributed by atoms with Gasteiger partial charge in [0.25, 0.3) is 5.91 Å². The second-order valence-corrected chi connectivity index (χ2v) is 7.91. The van der Waals surface area contributed by atoms with Gasteiger partial charge in [-0.3, -0.25) is 4.79 Å². The number of amides is 1. The van der Waals surface area contributed by atoms with Crippen molar-refractivity contribution in [3.63, 3.8) is 0 Å². The van der Waals surface area contributed by atoms with Crippen molar-refractivity contribution in [3.8, 4) is 22.1 Å². The maximum absolute atomic E-state index is 13.9. The van der Waals surface area contributed by atoms with Crippen molar-refractivity contribution in [2.24, 2.45) is 0 Å². The number of thiazole rings is 1. The molecule has 0 aliphatic heterocycles. The third kappa shape index (κ3) is 4.52. The first-order valence-electron chi connectivity index (χ1n) is 9.05. The summed E-state index contributed by atoms with van der Waals surface area (Å²) in [5.74, 6) is 0.365. The highest BCUT2D eigenvalue weighted by atomic mass is 35.5. The molecule has 1 heterocycles. The Morgan fingerprint density at radius 2 is 2.14 bits per heavy atom. The van der Waals surface area contributed by atoms with Crippen molar-refractivity contribution in [3.05, 3.63) is 63.9 Å². The van der Waals surface area contributed by atoms with Gasteiger partial charge in [0.2, 0.25) is 0 Å². The van der Waals surface area contributed by atoms with Crippen LogP contribution in [0.2, 0.25) is 5.02 Å². The maximum atomic E-state index is 13.9. The minimum Gasteiger partial charge on any atom is -0.493 e. The summed E-state index contributed by atoms with van der Waals surface area (Å²) < 4.78 is 25.1. The summed E-state index contributed by atoms with van der Waals surface area (Å²) in [4.78, 5) is 16.6. The van der Waals surface area contributed by atoms with Crippen molar-refractivity contribution in [1.82, 2.24) is 10.3 Å². The highest BCUT2D eigenvalue weighted by Gasteiger charge is 2.25. The van der Waals surface area contributed by atoms with Crippen LogP contribution in [-0.2, 0) is 6.61 Å². The molecule has 1 aliphatic rings. The second kappa shape index (κ2) is 8.39. The van der Waals surface area contributed by atoms with Crippen LogP contribution in [0.5, 0.6) is 11.5 Å². The first kappa shape index (κ1) is 19.7. The third-order valence-corrected chi connectivity index (χ3v) is 5.74. The molecule has 1 saturated carbocycles. The zero-order valence-corrected chi connectivity index (χ0v) is 17.1. The summed E-state index contributed by atoms with van der Waals surface area (Å²) in [6, 6.07) is 10.1. The Morgan fingerprint density at radius 3 is 2.86 bits per heavy atom. The number of aromatic nitrogens is 1. The lowest BCUT2D eigenvalue weighted by molar-refractivity contribution is 0.0947. The van der Waals surface area contributed by atoms with E-state index >= 15 is 0 Å². The van der Waals surface area contributed by atoms with Crippen LogP contribution in [0.4, 0.5) is 4.39 Å². The van der Waals surface area contributed by atoms with Gasteiger partial charge >= 0.3 is 0 Å². The standard InChI is InChI=1S/C21H18ClFN2O3S/c1-27-19-9-12(21-25-17(11-29-21)20(26)24-13-6-7-13)5-8-18(19)28-10-14-15(22)3-2-4-16(14)23/h2-5,8-9,11,13H,6-7,10H2,1H3,(H,24,26). The normalized spacial score (nSPS) is 13.2. The number of methoxy groups -OCH3 is 1. The molecule has 1 N–H and O–H groups in total. The molecular weight excluding hydrogens is 415 g/mol. The molecule has 0 unspecified atom stereocenters. The minimum absolute atomic E-state index is 0.0239. The molecule has 1 fully saturated rings. The molecule has 0 radical (unpaired) electrons. The molecule has 1 aromatic heterocycles. The molecule has 5 nitrogen and oxygen atoms in total. The van der Waals surface area contributed by atoms with Crippen LogP contribution in [0.25, 0.3) is 10.6 Å². The zero-order chi connectivity index (χ0) is 20.4. The number of carbonyl (C=O) groups is 1. The van der Waals surface area contributed by atoms with E-state index in [4.69, 9.17) is 21.1 Å². The van der Waals surface area contributed by atoms with Crippen LogP contribution >= 0.6 is 22.9 Å². The molecule has 0 spiro atoms. The lowest BCUT2D eigenvalue weighted by Gasteiger charge is -2.13. The van der Waals surface area contributed by atoms with Crippen LogP contribution < -0.4 is 14.8 Å². The Labute approximate surface area is 176 Å². The molecular formula is C21H18ClFN2O3S. The van der Waals surface area contributed by atoms with Crippen LogP contribution in [-0.4, -0.2) is 24.0 Å². The average Bonchev–Trinajstić information content (AvgIpc) is 3.39. The number of nitrogens with zero attached hydrogens (tertiary/aromatic N) is 1. The highest BCUT2D eigenvalue weighted by Crippen LogP contribution is 2.35. The monoisotopic (exact) mass is 432 g/mol. The Morgan fingerprint density at radius 1 is 1.31 bits per heavy atom. The molecule has 1 amide bonds. The van der Waals surface area contributed by atoms with Gasteiger partial charge in [-0.15, -0.1) is 11.3 Å². The topological polar surface area (TPSA) is 60.5 Å². The minimum atomic E-state index is -0.423. The molecule has 29 heavy (non-hydrogen) atoms. The number of carbonyl (C=O) groups excluding carboxylic acids is 1. The van der Waals surface area contributed by atoms with Gasteiger partial charge in [0.1, 0.15) is 23.1 Å². The molecule has 0 saturated heterocycles. The number of hydrogen-bond acceptors (Lipinski definition) is 5. The highest BCUT2D eigenvalue weighted by molar-refractivity contribution is 7.13. The van der Waals surface area contributed by atoms with Gasteiger partial charge < -0.3 is 14.8 Å². The number of ether oxygens (including phenoxy) is 2. The lowest BCUT2D eigenvalue weighted by Crippen LogP contribution is -2.25. The molecule has 3 aromatic rings. The number of nitrogens with one attached hydrogen (secondary N) is 1. The van der Waals surface area contributed by atoms with E-state index in [-0.39, 0.29) is 24.1 Å². The molecule has 2 aromatic carbocycles. The van der Waals surface area contributed by atoms with E-state index in [2.05, 4.69) is 10.3 Å². The Balaban J connectivity index is 1.51. The maximum Gasteiger partial charge on any atom is 0.270 e. The van der Waals surface area contributed by atoms with Crippen molar-refractivity contribution in [2.75, 3.05) is 7.11 Å². The smallest absolute Gasteiger partial charge is 0.270 e. The van der Waals surface area contributed by atoms with E-state index in [1.54, 1.807) is 29.6 Å². The molecule has 0 bridgehead atoms. The van der Waals surface area contributed by atoms with Gasteiger partial charge in [0.15, 0.2) is 11.5 Å². The number of benzene rings is 2. The SMILES string of the molecule is COc1cc(-c2nc(C(=O)NC3CC3)cs2)ccc1OCc1c(F)cccc1Cl. The summed E-state index contributed by atoms with van der Waals surface area (Å²) in [6.45, 7) is -0.0239. The second-order valence-electron chi connectivity index (χ2n) is 6.64. The molecule has 150 valence electrons. The summed E-state index contributed by atoms with van der Waals surface area (Å²) in [5, 5.41) is 5.67. The van der Waals surface area contributed by atoms with Crippen molar-refractivity contribution in [2.45, 2.75) is 25.5 Å². The van der Waals surface area contributed by atoms with E-state index < -0.39 is 5.82 Å². The van der Waals surface area contributed by atoms with E-state index in [9.17, 15) is 9.18 Å². The van der Waals surface area contributed by atoms with Crippen LogP contribution in [0.3, 0.4) is 0 Å². The number of rotatable bonds is 7. The number of hydrogen-bond donors (Lipinski definition) is 1. The Hall–Kier alpha value is -2.64. The van der Waals surface area contributed by atoms with Gasteiger partial charge in [-0.2, -0.15) is 0 Å². The fourth-order valence-corrected chi connectivity index (χ4v) is 3.75. The van der Waals surface area contributed by atoms with Gasteiger partial charge in [0.05, 0.1) is 12.1 Å². The summed E-state index contributed by atoms with van der Waals surface area (Å²) in [7, 11) is 1.53. The predicted octanol–water partition coefficient (Wildman–Crippen LogP) is 5.08. The van der Waals surface area contributed by atoms with Crippen molar-refractivity contribution in [1.29, 1.82) is 0 Å². The molecule has 8 heteroatoms. The summed E-state index contributed by atoms with van der Waals surface area (Å²) in [5.41, 5.74) is 1.49. The Kier molecular flexibility index (Phi) is 5.69. The summed E-state index contributed by atoms with van der Waals surface area (Å²) >= 11 is 7.43. The Bertz CT molecular complexity index is 1030. The van der Waals surface area contributed by atoms with E-state index in [1.807, 2.05) is 6.07 Å². The fraction of sp³-hybridized carbons (Fsp3) is 0.238. The van der Waals surface area contributed by atoms with Crippen LogP contribution in [0.15, 0.2) is 41.8 Å². The van der Waals surface area contributed by atoms with Gasteiger partial charge in [0, 0.05) is 22.5 Å². The van der Waals surface area contributed by atoms with Crippen molar-refractivity contribution >= 4 is 28.8 Å². The molecule has 4 rings (SSSR count). The van der Waals surface area contributed by atoms with E-state index in [0.29, 0.717) is 27.2 Å². The predicted molar refractivity (Wildman–Crippen MR) is 110 cm³/mol. The van der Waals surface area contributed by atoms with Crippen molar-refractivity contribution < 1.29 is 18.7 Å². The largest absolute Gasteiger partial charge is 0.493 e. The average molecular weight is 433 g/mol. The van der Waals surface area contributed by atoms with E-state index in [1.165, 1.54) is 24.5 Å². The quantitative estimate of drug-likeness (QED) is 0.565. The molecule has 1 aliphatic carbocycles. The number of halogens is 2. The van der Waals surface area contributed by atoms with Crippen LogP contribution in [0.1, 0.15) is 28.9 Å². The lowest BCUT2D eigenvalue weighted by atomic mass is 10.2. The first-order chi connectivity index (χ1) is 14.0. The zero-order valence-electron chi connectivity index (χ0n) is 15.6.